The molecule has 1 unspecified atom stereocenters. The highest BCUT2D eigenvalue weighted by Crippen LogP contribution is 2.33. The van der Waals surface area contributed by atoms with Gasteiger partial charge in [0.05, 0.1) is 11.1 Å². The van der Waals surface area contributed by atoms with E-state index in [-0.39, 0.29) is 22.4 Å². The lowest BCUT2D eigenvalue weighted by Gasteiger charge is -2.23. The van der Waals surface area contributed by atoms with Crippen LogP contribution >= 0.6 is 0 Å². The van der Waals surface area contributed by atoms with Gasteiger partial charge in [-0.15, -0.1) is 0 Å². The molecule has 0 spiro atoms. The molecule has 0 bridgehead atoms. The number of benzene rings is 1. The van der Waals surface area contributed by atoms with Crippen LogP contribution in [0.2, 0.25) is 0 Å². The van der Waals surface area contributed by atoms with Gasteiger partial charge in [0.15, 0.2) is 0 Å². The number of halogens is 1. The van der Waals surface area contributed by atoms with E-state index < -0.39 is 11.8 Å². The lowest BCUT2D eigenvalue weighted by atomic mass is 9.87. The molecule has 1 atom stereocenters. The van der Waals surface area contributed by atoms with Gasteiger partial charge >= 0.3 is 5.97 Å². The molecule has 0 aliphatic carbocycles. The Bertz CT molecular complexity index is 558. The highest BCUT2D eigenvalue weighted by molar-refractivity contribution is 5.96. The first-order chi connectivity index (χ1) is 9.36. The lowest BCUT2D eigenvalue weighted by Crippen LogP contribution is -2.31. The quantitative estimate of drug-likeness (QED) is 0.925. The van der Waals surface area contributed by atoms with Crippen LogP contribution in [0.4, 0.5) is 4.39 Å². The summed E-state index contributed by atoms with van der Waals surface area (Å²) in [6.07, 6.45) is 1.88. The minimum Gasteiger partial charge on any atom is -0.478 e. The maximum Gasteiger partial charge on any atom is 0.335 e. The lowest BCUT2D eigenvalue weighted by molar-refractivity contribution is 0.0693. The Balaban J connectivity index is 2.20. The molecule has 1 amide bonds. The average Bonchev–Trinajstić information content (AvgIpc) is 2.81. The van der Waals surface area contributed by atoms with Crippen LogP contribution in [-0.4, -0.2) is 35.0 Å². The second-order valence-corrected chi connectivity index (χ2v) is 5.64. The monoisotopic (exact) mass is 279 g/mol. The Kier molecular flexibility index (Phi) is 3.79. The van der Waals surface area contributed by atoms with Gasteiger partial charge in [-0.05, 0) is 36.5 Å². The molecule has 1 aromatic carbocycles. The van der Waals surface area contributed by atoms with Gasteiger partial charge in [-0.3, -0.25) is 4.79 Å². The van der Waals surface area contributed by atoms with E-state index in [4.69, 9.17) is 5.11 Å². The molecule has 1 aromatic rings. The second-order valence-electron chi connectivity index (χ2n) is 5.64. The summed E-state index contributed by atoms with van der Waals surface area (Å²) < 4.78 is 13.9. The predicted molar refractivity (Wildman–Crippen MR) is 72.3 cm³/mol. The fourth-order valence-corrected chi connectivity index (χ4v) is 2.48. The number of carbonyl (C=O) groups is 2. The molecular weight excluding hydrogens is 261 g/mol. The molecule has 4 nitrogen and oxygen atoms in total. The number of hydrogen-bond donors (Lipinski definition) is 1. The van der Waals surface area contributed by atoms with Crippen molar-refractivity contribution in [3.8, 4) is 0 Å². The van der Waals surface area contributed by atoms with Crippen molar-refractivity contribution >= 4 is 11.9 Å². The summed E-state index contributed by atoms with van der Waals surface area (Å²) >= 11 is 0. The van der Waals surface area contributed by atoms with Crippen molar-refractivity contribution in [2.24, 2.45) is 5.41 Å². The SMILES string of the molecule is CCC1(C)CCN(C(=O)c2ccc(C(=O)O)cc2F)C1. The van der Waals surface area contributed by atoms with Gasteiger partial charge in [0.25, 0.3) is 5.91 Å². The molecule has 0 aromatic heterocycles. The van der Waals surface area contributed by atoms with E-state index in [1.54, 1.807) is 4.90 Å². The summed E-state index contributed by atoms with van der Waals surface area (Å²) in [5.41, 5.74) is -0.123. The molecular formula is C15H18FNO3. The molecule has 2 rings (SSSR count). The maximum atomic E-state index is 13.9. The van der Waals surface area contributed by atoms with E-state index in [0.29, 0.717) is 13.1 Å². The summed E-state index contributed by atoms with van der Waals surface area (Å²) in [7, 11) is 0. The first-order valence-electron chi connectivity index (χ1n) is 6.68. The van der Waals surface area contributed by atoms with Crippen LogP contribution in [0.3, 0.4) is 0 Å². The third-order valence-corrected chi connectivity index (χ3v) is 4.15. The smallest absolute Gasteiger partial charge is 0.335 e. The highest BCUT2D eigenvalue weighted by Gasteiger charge is 2.35. The Labute approximate surface area is 117 Å². The van der Waals surface area contributed by atoms with Crippen LogP contribution < -0.4 is 0 Å². The topological polar surface area (TPSA) is 57.6 Å². The minimum absolute atomic E-state index is 0.0599. The number of likely N-dealkylation sites (tertiary alicyclic amines) is 1. The van der Waals surface area contributed by atoms with Crippen LogP contribution in [0.15, 0.2) is 18.2 Å². The molecule has 1 aliphatic rings. The molecule has 108 valence electrons. The zero-order valence-electron chi connectivity index (χ0n) is 11.6. The molecule has 1 fully saturated rings. The van der Waals surface area contributed by atoms with Crippen molar-refractivity contribution in [2.75, 3.05) is 13.1 Å². The molecule has 1 aliphatic heterocycles. The Hall–Kier alpha value is -1.91. The first kappa shape index (κ1) is 14.5. The fourth-order valence-electron chi connectivity index (χ4n) is 2.48. The average molecular weight is 279 g/mol. The van der Waals surface area contributed by atoms with E-state index >= 15 is 0 Å². The fraction of sp³-hybridized carbons (Fsp3) is 0.467. The third kappa shape index (κ3) is 2.66. The molecule has 0 radical (unpaired) electrons. The number of rotatable bonds is 3. The third-order valence-electron chi connectivity index (χ3n) is 4.15. The molecule has 0 saturated carbocycles. The predicted octanol–water partition coefficient (Wildman–Crippen LogP) is 2.79. The van der Waals surface area contributed by atoms with Crippen LogP contribution in [0.25, 0.3) is 0 Å². The number of amides is 1. The van der Waals surface area contributed by atoms with Crippen LogP contribution in [0.5, 0.6) is 0 Å². The molecule has 1 heterocycles. The van der Waals surface area contributed by atoms with Crippen molar-refractivity contribution in [3.63, 3.8) is 0 Å². The van der Waals surface area contributed by atoms with Crippen molar-refractivity contribution in [1.82, 2.24) is 4.90 Å². The second kappa shape index (κ2) is 5.23. The van der Waals surface area contributed by atoms with Crippen molar-refractivity contribution in [1.29, 1.82) is 0 Å². The summed E-state index contributed by atoms with van der Waals surface area (Å²) in [6.45, 7) is 5.42. The van der Waals surface area contributed by atoms with E-state index in [0.717, 1.165) is 18.9 Å². The Morgan fingerprint density at radius 3 is 2.65 bits per heavy atom. The summed E-state index contributed by atoms with van der Waals surface area (Å²) in [4.78, 5) is 24.7. The van der Waals surface area contributed by atoms with Gasteiger partial charge < -0.3 is 10.0 Å². The normalized spacial score (nSPS) is 22.1. The summed E-state index contributed by atoms with van der Waals surface area (Å²) in [5.74, 6) is -2.35. The number of hydrogen-bond acceptors (Lipinski definition) is 2. The number of carboxylic acid groups (broad SMARTS) is 1. The number of aromatic carboxylic acids is 1. The van der Waals surface area contributed by atoms with Gasteiger partial charge in [0, 0.05) is 13.1 Å². The maximum absolute atomic E-state index is 13.9. The highest BCUT2D eigenvalue weighted by atomic mass is 19.1. The Morgan fingerprint density at radius 2 is 2.15 bits per heavy atom. The van der Waals surface area contributed by atoms with Gasteiger partial charge in [-0.2, -0.15) is 0 Å². The van der Waals surface area contributed by atoms with E-state index in [2.05, 4.69) is 13.8 Å². The van der Waals surface area contributed by atoms with Crippen molar-refractivity contribution in [3.05, 3.63) is 35.1 Å². The van der Waals surface area contributed by atoms with E-state index in [1.165, 1.54) is 12.1 Å². The molecule has 1 saturated heterocycles. The zero-order chi connectivity index (χ0) is 14.9. The van der Waals surface area contributed by atoms with Crippen LogP contribution in [0.1, 0.15) is 47.4 Å². The zero-order valence-corrected chi connectivity index (χ0v) is 11.6. The largest absolute Gasteiger partial charge is 0.478 e. The van der Waals surface area contributed by atoms with Gasteiger partial charge in [-0.25, -0.2) is 9.18 Å². The van der Waals surface area contributed by atoms with E-state index in [9.17, 15) is 14.0 Å². The van der Waals surface area contributed by atoms with Gasteiger partial charge in [0.1, 0.15) is 5.82 Å². The Morgan fingerprint density at radius 1 is 1.45 bits per heavy atom. The number of nitrogens with zero attached hydrogens (tertiary/aromatic N) is 1. The first-order valence-corrected chi connectivity index (χ1v) is 6.68. The van der Waals surface area contributed by atoms with Crippen LogP contribution in [0, 0.1) is 11.2 Å². The standard InChI is InChI=1S/C15H18FNO3/c1-3-15(2)6-7-17(9-15)13(18)11-5-4-10(14(19)20)8-12(11)16/h4-5,8H,3,6-7,9H2,1-2H3,(H,19,20). The summed E-state index contributed by atoms with van der Waals surface area (Å²) in [6, 6.07) is 3.40. The number of carboxylic acids is 1. The van der Waals surface area contributed by atoms with Gasteiger partial charge in [-0.1, -0.05) is 13.8 Å². The molecule has 20 heavy (non-hydrogen) atoms. The van der Waals surface area contributed by atoms with Gasteiger partial charge in [0.2, 0.25) is 0 Å². The minimum atomic E-state index is -1.21. The summed E-state index contributed by atoms with van der Waals surface area (Å²) in [5, 5.41) is 8.79. The van der Waals surface area contributed by atoms with Crippen LogP contribution in [-0.2, 0) is 0 Å². The van der Waals surface area contributed by atoms with Crippen molar-refractivity contribution in [2.45, 2.75) is 26.7 Å². The van der Waals surface area contributed by atoms with E-state index in [1.807, 2.05) is 0 Å². The van der Waals surface area contributed by atoms with Crippen molar-refractivity contribution < 1.29 is 19.1 Å². The number of carbonyl (C=O) groups excluding carboxylic acids is 1. The molecule has 5 heteroatoms. The molecule has 1 N–H and O–H groups in total.